The molecule has 4 nitrogen and oxygen atoms in total. The van der Waals surface area contributed by atoms with Gasteiger partial charge < -0.3 is 19.8 Å². The predicted octanol–water partition coefficient (Wildman–Crippen LogP) is 3.16. The molecule has 0 spiro atoms. The standard InChI is InChI=1S/C24H31NO3/c1-17-6-8-18(9-7-17)16-25-14-13-24(27)12-4-3-5-20(24)23(25)19-10-11-21(26)22(15-19)28-2/h6-11,15,20,23,26-27H,3-5,12-14,16H2,1-2H3/p+1/t20-,23-,24-/m0/s1. The molecule has 3 N–H and O–H groups in total. The summed E-state index contributed by atoms with van der Waals surface area (Å²) in [4.78, 5) is 1.49. The summed E-state index contributed by atoms with van der Waals surface area (Å²) in [6.45, 7) is 4.01. The van der Waals surface area contributed by atoms with Crippen molar-refractivity contribution in [3.05, 3.63) is 59.2 Å². The number of phenols is 1. The molecule has 2 aromatic carbocycles. The summed E-state index contributed by atoms with van der Waals surface area (Å²) < 4.78 is 5.38. The largest absolute Gasteiger partial charge is 0.504 e. The van der Waals surface area contributed by atoms with E-state index in [-0.39, 0.29) is 17.7 Å². The molecule has 2 aromatic rings. The van der Waals surface area contributed by atoms with Gasteiger partial charge in [0, 0.05) is 23.5 Å². The molecular weight excluding hydrogens is 350 g/mol. The van der Waals surface area contributed by atoms with E-state index in [0.717, 1.165) is 44.3 Å². The number of aromatic hydroxyl groups is 1. The van der Waals surface area contributed by atoms with Crippen LogP contribution in [-0.4, -0.2) is 29.5 Å². The molecule has 1 unspecified atom stereocenters. The molecule has 0 amide bonds. The summed E-state index contributed by atoms with van der Waals surface area (Å²) in [7, 11) is 1.59. The Kier molecular flexibility index (Phi) is 5.35. The monoisotopic (exact) mass is 382 g/mol. The highest BCUT2D eigenvalue weighted by Crippen LogP contribution is 2.45. The fourth-order valence-corrected chi connectivity index (χ4v) is 5.38. The molecule has 1 aliphatic heterocycles. The Balaban J connectivity index is 1.70. The van der Waals surface area contributed by atoms with Gasteiger partial charge in [0.25, 0.3) is 0 Å². The van der Waals surface area contributed by atoms with Crippen LogP contribution in [0.5, 0.6) is 11.5 Å². The third-order valence-electron chi connectivity index (χ3n) is 6.90. The first-order chi connectivity index (χ1) is 13.5. The Bertz CT molecular complexity index is 819. The van der Waals surface area contributed by atoms with E-state index in [0.29, 0.717) is 5.75 Å². The van der Waals surface area contributed by atoms with Crippen molar-refractivity contribution in [3.63, 3.8) is 0 Å². The number of hydrogen-bond acceptors (Lipinski definition) is 3. The van der Waals surface area contributed by atoms with Crippen molar-refractivity contribution in [3.8, 4) is 11.5 Å². The van der Waals surface area contributed by atoms with E-state index in [9.17, 15) is 10.2 Å². The third kappa shape index (κ3) is 3.63. The van der Waals surface area contributed by atoms with Crippen molar-refractivity contribution in [2.75, 3.05) is 13.7 Å². The zero-order chi connectivity index (χ0) is 19.7. The number of phenolic OH excluding ortho intramolecular Hbond substituents is 1. The molecule has 0 bridgehead atoms. The maximum Gasteiger partial charge on any atom is 0.160 e. The van der Waals surface area contributed by atoms with E-state index < -0.39 is 5.60 Å². The van der Waals surface area contributed by atoms with Gasteiger partial charge >= 0.3 is 0 Å². The Hall–Kier alpha value is -2.04. The van der Waals surface area contributed by atoms with Crippen LogP contribution < -0.4 is 9.64 Å². The zero-order valence-electron chi connectivity index (χ0n) is 16.9. The molecule has 4 rings (SSSR count). The smallest absolute Gasteiger partial charge is 0.160 e. The SMILES string of the molecule is COc1cc([C@H]2[C@@H]3CCCC[C@]3(O)CC[NH+]2Cc2ccc(C)cc2)ccc1O. The second-order valence-electron chi connectivity index (χ2n) is 8.69. The van der Waals surface area contributed by atoms with Crippen molar-refractivity contribution in [1.82, 2.24) is 0 Å². The Morgan fingerprint density at radius 2 is 1.89 bits per heavy atom. The van der Waals surface area contributed by atoms with Crippen LogP contribution in [0.15, 0.2) is 42.5 Å². The summed E-state index contributed by atoms with van der Waals surface area (Å²) in [6, 6.07) is 14.7. The average Bonchev–Trinajstić information content (AvgIpc) is 2.70. The van der Waals surface area contributed by atoms with Gasteiger partial charge in [-0.1, -0.05) is 42.7 Å². The fraction of sp³-hybridized carbons (Fsp3) is 0.500. The maximum atomic E-state index is 11.4. The van der Waals surface area contributed by atoms with Gasteiger partial charge in [-0.2, -0.15) is 0 Å². The van der Waals surface area contributed by atoms with Crippen LogP contribution in [-0.2, 0) is 6.54 Å². The fourth-order valence-electron chi connectivity index (χ4n) is 5.38. The normalized spacial score (nSPS) is 29.9. The van der Waals surface area contributed by atoms with Gasteiger partial charge in [-0.3, -0.25) is 0 Å². The van der Waals surface area contributed by atoms with Crippen LogP contribution in [0.3, 0.4) is 0 Å². The molecule has 4 heteroatoms. The van der Waals surface area contributed by atoms with E-state index in [4.69, 9.17) is 4.74 Å². The van der Waals surface area contributed by atoms with Crippen molar-refractivity contribution in [2.24, 2.45) is 5.92 Å². The summed E-state index contributed by atoms with van der Waals surface area (Å²) in [5, 5.41) is 21.5. The van der Waals surface area contributed by atoms with Gasteiger partial charge in [0.1, 0.15) is 12.6 Å². The Labute approximate surface area is 167 Å². The topological polar surface area (TPSA) is 54.1 Å². The second-order valence-corrected chi connectivity index (χ2v) is 8.69. The van der Waals surface area contributed by atoms with E-state index in [1.165, 1.54) is 22.4 Å². The number of piperidine rings is 1. The highest BCUT2D eigenvalue weighted by molar-refractivity contribution is 5.42. The molecule has 4 atom stereocenters. The molecule has 1 saturated heterocycles. The minimum atomic E-state index is -0.565. The molecule has 28 heavy (non-hydrogen) atoms. The minimum Gasteiger partial charge on any atom is -0.504 e. The van der Waals surface area contributed by atoms with E-state index in [1.807, 2.05) is 12.1 Å². The van der Waals surface area contributed by atoms with E-state index in [2.05, 4.69) is 31.2 Å². The first-order valence-corrected chi connectivity index (χ1v) is 10.5. The quantitative estimate of drug-likeness (QED) is 0.761. The van der Waals surface area contributed by atoms with Gasteiger partial charge in [0.15, 0.2) is 11.5 Å². The molecule has 0 radical (unpaired) electrons. The number of hydrogen-bond donors (Lipinski definition) is 3. The Morgan fingerprint density at radius 3 is 2.64 bits per heavy atom. The minimum absolute atomic E-state index is 0.168. The number of ether oxygens (including phenoxy) is 1. The number of nitrogens with one attached hydrogen (secondary N) is 1. The lowest BCUT2D eigenvalue weighted by Crippen LogP contribution is -3.13. The number of likely N-dealkylation sites (tertiary alicyclic amines) is 1. The van der Waals surface area contributed by atoms with Crippen molar-refractivity contribution >= 4 is 0 Å². The summed E-state index contributed by atoms with van der Waals surface area (Å²) in [6.07, 6.45) is 5.12. The number of aliphatic hydroxyl groups is 1. The number of benzene rings is 2. The van der Waals surface area contributed by atoms with Crippen molar-refractivity contribution < 1.29 is 19.8 Å². The van der Waals surface area contributed by atoms with Gasteiger partial charge in [-0.05, 0) is 38.0 Å². The number of aryl methyl sites for hydroxylation is 1. The first-order valence-electron chi connectivity index (χ1n) is 10.5. The average molecular weight is 383 g/mol. The van der Waals surface area contributed by atoms with Gasteiger partial charge in [0.2, 0.25) is 0 Å². The van der Waals surface area contributed by atoms with Gasteiger partial charge in [-0.25, -0.2) is 0 Å². The number of rotatable bonds is 4. The van der Waals surface area contributed by atoms with Gasteiger partial charge in [-0.15, -0.1) is 0 Å². The van der Waals surface area contributed by atoms with Gasteiger partial charge in [0.05, 0.1) is 19.3 Å². The lowest BCUT2D eigenvalue weighted by Gasteiger charge is -2.50. The van der Waals surface area contributed by atoms with Crippen LogP contribution in [0.25, 0.3) is 0 Å². The number of quaternary nitrogens is 1. The maximum absolute atomic E-state index is 11.4. The molecule has 1 heterocycles. The summed E-state index contributed by atoms with van der Waals surface area (Å²) >= 11 is 0. The number of methoxy groups -OCH3 is 1. The molecule has 2 fully saturated rings. The van der Waals surface area contributed by atoms with Crippen molar-refractivity contribution in [1.29, 1.82) is 0 Å². The lowest BCUT2D eigenvalue weighted by atomic mass is 9.66. The Morgan fingerprint density at radius 1 is 1.11 bits per heavy atom. The van der Waals surface area contributed by atoms with Crippen LogP contribution in [0, 0.1) is 12.8 Å². The van der Waals surface area contributed by atoms with E-state index in [1.54, 1.807) is 13.2 Å². The molecule has 1 saturated carbocycles. The third-order valence-corrected chi connectivity index (χ3v) is 6.90. The molecule has 0 aromatic heterocycles. The first kappa shape index (κ1) is 19.3. The van der Waals surface area contributed by atoms with Crippen LogP contribution >= 0.6 is 0 Å². The lowest BCUT2D eigenvalue weighted by molar-refractivity contribution is -0.958. The number of fused-ring (bicyclic) bond motifs is 1. The van der Waals surface area contributed by atoms with Crippen molar-refractivity contribution in [2.45, 2.75) is 57.2 Å². The molecule has 1 aliphatic carbocycles. The highest BCUT2D eigenvalue weighted by atomic mass is 16.5. The summed E-state index contributed by atoms with van der Waals surface area (Å²) in [5.74, 6) is 0.919. The van der Waals surface area contributed by atoms with E-state index >= 15 is 0 Å². The summed E-state index contributed by atoms with van der Waals surface area (Å²) in [5.41, 5.74) is 3.20. The molecule has 2 aliphatic rings. The molecule has 150 valence electrons. The molecular formula is C24H32NO3+. The highest BCUT2D eigenvalue weighted by Gasteiger charge is 2.51. The predicted molar refractivity (Wildman–Crippen MR) is 110 cm³/mol. The van der Waals surface area contributed by atoms with Crippen LogP contribution in [0.2, 0.25) is 0 Å². The van der Waals surface area contributed by atoms with Crippen LogP contribution in [0.1, 0.15) is 54.8 Å². The second kappa shape index (κ2) is 7.76. The van der Waals surface area contributed by atoms with Crippen LogP contribution in [0.4, 0.5) is 0 Å². The zero-order valence-corrected chi connectivity index (χ0v) is 16.9.